The lowest BCUT2D eigenvalue weighted by molar-refractivity contribution is 0.0493. The predicted molar refractivity (Wildman–Crippen MR) is 95.0 cm³/mol. The molecular formula is C16H32N2O5Si. The summed E-state index contributed by atoms with van der Waals surface area (Å²) in [5, 5.41) is 13.9. The molecule has 0 aromatic carbocycles. The van der Waals surface area contributed by atoms with Gasteiger partial charge in [-0.05, 0) is 37.1 Å². The zero-order valence-electron chi connectivity index (χ0n) is 15.3. The van der Waals surface area contributed by atoms with Gasteiger partial charge < -0.3 is 25.2 Å². The van der Waals surface area contributed by atoms with Crippen LogP contribution in [0.5, 0.6) is 0 Å². The molecule has 0 aromatic rings. The van der Waals surface area contributed by atoms with Gasteiger partial charge in [0.05, 0.1) is 14.7 Å². The summed E-state index contributed by atoms with van der Waals surface area (Å²) in [6.45, 7) is 10.6. The Bertz CT molecular complexity index is 408. The monoisotopic (exact) mass is 360 g/mol. The van der Waals surface area contributed by atoms with Crippen LogP contribution in [0.4, 0.5) is 9.59 Å². The van der Waals surface area contributed by atoms with E-state index in [0.29, 0.717) is 31.1 Å². The molecule has 3 atom stereocenters. The predicted octanol–water partition coefficient (Wildman–Crippen LogP) is 3.24. The number of carbonyl (C=O) groups is 2. The number of alkyl carbamates (subject to hydrolysis) is 1. The van der Waals surface area contributed by atoms with Crippen molar-refractivity contribution < 1.29 is 24.2 Å². The van der Waals surface area contributed by atoms with Crippen LogP contribution in [0.1, 0.15) is 32.6 Å². The summed E-state index contributed by atoms with van der Waals surface area (Å²) in [6, 6.07) is 0. The smallest absolute Gasteiger partial charge is 0.408 e. The molecule has 0 spiro atoms. The third-order valence-corrected chi connectivity index (χ3v) is 7.77. The maximum absolute atomic E-state index is 11.9. The SMILES string of the molecule is CC(COC(=O)NC(CC[C@@H]1CCCOC1)NC(=O)O)[Si](C)(C)C. The minimum atomic E-state index is -1.36. The second kappa shape index (κ2) is 9.88. The first-order valence-electron chi connectivity index (χ1n) is 8.69. The number of ether oxygens (including phenoxy) is 2. The van der Waals surface area contributed by atoms with E-state index in [4.69, 9.17) is 14.6 Å². The third kappa shape index (κ3) is 8.54. The largest absolute Gasteiger partial charge is 0.465 e. The van der Waals surface area contributed by atoms with Crippen molar-refractivity contribution in [3.63, 3.8) is 0 Å². The molecular weight excluding hydrogens is 328 g/mol. The average Bonchev–Trinajstić information content (AvgIpc) is 2.49. The van der Waals surface area contributed by atoms with Crippen molar-refractivity contribution in [2.24, 2.45) is 5.92 Å². The summed E-state index contributed by atoms with van der Waals surface area (Å²) in [4.78, 5) is 22.9. The fourth-order valence-corrected chi connectivity index (χ4v) is 2.98. The zero-order valence-corrected chi connectivity index (χ0v) is 16.3. The fraction of sp³-hybridized carbons (Fsp3) is 0.875. The van der Waals surface area contributed by atoms with Crippen molar-refractivity contribution >= 4 is 20.3 Å². The number of hydrogen-bond acceptors (Lipinski definition) is 4. The molecule has 24 heavy (non-hydrogen) atoms. The number of carbonyl (C=O) groups excluding carboxylic acids is 1. The molecule has 2 unspecified atom stereocenters. The molecule has 1 heterocycles. The molecule has 1 saturated heterocycles. The Hall–Kier alpha value is -1.28. The highest BCUT2D eigenvalue weighted by molar-refractivity contribution is 6.77. The van der Waals surface area contributed by atoms with Crippen molar-refractivity contribution in [3.8, 4) is 0 Å². The van der Waals surface area contributed by atoms with E-state index in [9.17, 15) is 9.59 Å². The molecule has 1 aliphatic heterocycles. The maximum atomic E-state index is 11.9. The van der Waals surface area contributed by atoms with Crippen molar-refractivity contribution in [1.29, 1.82) is 0 Å². The minimum Gasteiger partial charge on any atom is -0.465 e. The summed E-state index contributed by atoms with van der Waals surface area (Å²) in [5.74, 6) is 0.418. The highest BCUT2D eigenvalue weighted by Gasteiger charge is 2.24. The normalized spacial score (nSPS) is 20.8. The molecule has 0 saturated carbocycles. The van der Waals surface area contributed by atoms with Gasteiger partial charge in [-0.2, -0.15) is 0 Å². The van der Waals surface area contributed by atoms with E-state index in [1.807, 2.05) is 0 Å². The molecule has 2 amide bonds. The molecule has 1 fully saturated rings. The van der Waals surface area contributed by atoms with Gasteiger partial charge in [0.15, 0.2) is 0 Å². The van der Waals surface area contributed by atoms with Gasteiger partial charge in [0.1, 0.15) is 6.17 Å². The molecule has 1 aliphatic rings. The molecule has 7 nitrogen and oxygen atoms in total. The Morgan fingerprint density at radius 1 is 1.33 bits per heavy atom. The molecule has 0 radical (unpaired) electrons. The Kier molecular flexibility index (Phi) is 8.55. The molecule has 3 N–H and O–H groups in total. The van der Waals surface area contributed by atoms with E-state index in [2.05, 4.69) is 37.2 Å². The van der Waals surface area contributed by atoms with Gasteiger partial charge in [0.25, 0.3) is 0 Å². The second-order valence-electron chi connectivity index (χ2n) is 7.67. The fourth-order valence-electron chi connectivity index (χ4n) is 2.40. The van der Waals surface area contributed by atoms with Crippen LogP contribution in [0, 0.1) is 5.92 Å². The van der Waals surface area contributed by atoms with Crippen LogP contribution in [0.15, 0.2) is 0 Å². The van der Waals surface area contributed by atoms with Crippen LogP contribution in [0.3, 0.4) is 0 Å². The maximum Gasteiger partial charge on any atom is 0.408 e. The summed E-state index contributed by atoms with van der Waals surface area (Å²) in [7, 11) is -1.36. The van der Waals surface area contributed by atoms with Crippen LogP contribution >= 0.6 is 0 Å². The highest BCUT2D eigenvalue weighted by Crippen LogP contribution is 2.21. The van der Waals surface area contributed by atoms with E-state index in [1.165, 1.54) is 0 Å². The summed E-state index contributed by atoms with van der Waals surface area (Å²) in [6.07, 6.45) is 1.08. The molecule has 0 bridgehead atoms. The number of amides is 2. The van der Waals surface area contributed by atoms with Gasteiger partial charge >= 0.3 is 12.2 Å². The first kappa shape index (κ1) is 20.8. The van der Waals surface area contributed by atoms with Crippen LogP contribution in [-0.4, -0.2) is 51.4 Å². The minimum absolute atomic E-state index is 0.341. The Morgan fingerprint density at radius 3 is 2.58 bits per heavy atom. The van der Waals surface area contributed by atoms with Crippen molar-refractivity contribution in [3.05, 3.63) is 0 Å². The first-order chi connectivity index (χ1) is 11.2. The quantitative estimate of drug-likeness (QED) is 0.456. The van der Waals surface area contributed by atoms with Crippen LogP contribution in [0.2, 0.25) is 25.2 Å². The topological polar surface area (TPSA) is 96.9 Å². The molecule has 0 aliphatic carbocycles. The third-order valence-electron chi connectivity index (χ3n) is 4.65. The summed E-state index contributed by atoms with van der Waals surface area (Å²) < 4.78 is 10.7. The molecule has 1 rings (SSSR count). The van der Waals surface area contributed by atoms with Gasteiger partial charge in [0.2, 0.25) is 0 Å². The van der Waals surface area contributed by atoms with E-state index >= 15 is 0 Å². The highest BCUT2D eigenvalue weighted by atomic mass is 28.3. The lowest BCUT2D eigenvalue weighted by Crippen LogP contribution is -2.48. The Morgan fingerprint density at radius 2 is 2.04 bits per heavy atom. The average molecular weight is 361 g/mol. The van der Waals surface area contributed by atoms with Gasteiger partial charge in [-0.1, -0.05) is 26.6 Å². The number of nitrogens with one attached hydrogen (secondary N) is 2. The molecule has 8 heteroatoms. The van der Waals surface area contributed by atoms with Gasteiger partial charge in [-0.25, -0.2) is 9.59 Å². The van der Waals surface area contributed by atoms with E-state index in [0.717, 1.165) is 25.9 Å². The molecule has 140 valence electrons. The number of rotatable bonds is 8. The van der Waals surface area contributed by atoms with E-state index in [-0.39, 0.29) is 0 Å². The Balaban J connectivity index is 2.40. The summed E-state index contributed by atoms with van der Waals surface area (Å²) >= 11 is 0. The standard InChI is InChI=1S/C16H32N2O5Si/c1-12(24(2,3)4)10-23-16(21)18-14(17-15(19)20)8-7-13-6-5-9-22-11-13/h12-14,17H,5-11H2,1-4H3,(H,18,21)(H,19,20)/t12?,13-,14?/m0/s1. The van der Waals surface area contributed by atoms with Crippen molar-refractivity contribution in [2.45, 2.75) is 64.0 Å². The number of hydrogen-bond donors (Lipinski definition) is 3. The zero-order chi connectivity index (χ0) is 18.2. The van der Waals surface area contributed by atoms with Crippen molar-refractivity contribution in [2.75, 3.05) is 19.8 Å². The van der Waals surface area contributed by atoms with Gasteiger partial charge in [-0.15, -0.1) is 0 Å². The summed E-state index contributed by atoms with van der Waals surface area (Å²) in [5.41, 5.74) is 0.341. The lowest BCUT2D eigenvalue weighted by Gasteiger charge is -2.26. The van der Waals surface area contributed by atoms with Crippen molar-refractivity contribution in [1.82, 2.24) is 10.6 Å². The van der Waals surface area contributed by atoms with E-state index in [1.54, 1.807) is 0 Å². The molecule has 0 aromatic heterocycles. The van der Waals surface area contributed by atoms with E-state index < -0.39 is 26.4 Å². The number of carboxylic acid groups (broad SMARTS) is 1. The first-order valence-corrected chi connectivity index (χ1v) is 12.3. The second-order valence-corrected chi connectivity index (χ2v) is 13.4. The van der Waals surface area contributed by atoms with Gasteiger partial charge in [-0.3, -0.25) is 0 Å². The Labute approximate surface area is 145 Å². The van der Waals surface area contributed by atoms with Gasteiger partial charge in [0, 0.05) is 13.2 Å². The van der Waals surface area contributed by atoms with Crippen LogP contribution in [0.25, 0.3) is 0 Å². The lowest BCUT2D eigenvalue weighted by atomic mass is 9.96. The van der Waals surface area contributed by atoms with Crippen LogP contribution in [-0.2, 0) is 9.47 Å². The van der Waals surface area contributed by atoms with Crippen LogP contribution < -0.4 is 10.6 Å².